The van der Waals surface area contributed by atoms with Crippen LogP contribution in [0.4, 0.5) is 13.2 Å². The molecule has 1 heterocycles. The molecule has 1 aromatic heterocycles. The molecule has 0 atom stereocenters. The fraction of sp³-hybridized carbons (Fsp3) is 0.222. The van der Waals surface area contributed by atoms with E-state index in [1.165, 1.54) is 6.07 Å². The van der Waals surface area contributed by atoms with Gasteiger partial charge in [-0.1, -0.05) is 0 Å². The average molecular weight is 230 g/mol. The van der Waals surface area contributed by atoms with Crippen LogP contribution in [0.15, 0.2) is 6.07 Å². The number of hydrogen-bond acceptors (Lipinski definition) is 4. The third-order valence-electron chi connectivity index (χ3n) is 1.70. The van der Waals surface area contributed by atoms with Gasteiger partial charge < -0.3 is 4.74 Å². The second-order valence-electron chi connectivity index (χ2n) is 2.66. The second kappa shape index (κ2) is 4.61. The van der Waals surface area contributed by atoms with Gasteiger partial charge in [0.1, 0.15) is 17.5 Å². The Bertz CT molecular complexity index is 469. The number of carbonyl (C=O) groups excluding carboxylic acids is 1. The van der Waals surface area contributed by atoms with Crippen molar-refractivity contribution in [1.29, 1.82) is 5.26 Å². The number of esters is 1. The summed E-state index contributed by atoms with van der Waals surface area (Å²) in [4.78, 5) is 14.1. The van der Waals surface area contributed by atoms with Gasteiger partial charge in [-0.15, -0.1) is 0 Å². The first-order valence-electron chi connectivity index (χ1n) is 3.98. The highest BCUT2D eigenvalue weighted by Gasteiger charge is 2.22. The van der Waals surface area contributed by atoms with Crippen LogP contribution in [-0.4, -0.2) is 18.1 Å². The van der Waals surface area contributed by atoms with E-state index in [2.05, 4.69) is 9.72 Å². The Morgan fingerprint density at radius 1 is 1.62 bits per heavy atom. The van der Waals surface area contributed by atoms with Crippen molar-refractivity contribution in [2.24, 2.45) is 0 Å². The molecule has 0 spiro atoms. The number of nitriles is 1. The average Bonchev–Trinajstić information content (AvgIpc) is 2.27. The van der Waals surface area contributed by atoms with Crippen molar-refractivity contribution in [2.75, 3.05) is 7.11 Å². The van der Waals surface area contributed by atoms with Crippen molar-refractivity contribution in [3.05, 3.63) is 28.8 Å². The van der Waals surface area contributed by atoms with Crippen molar-refractivity contribution < 1.29 is 22.7 Å². The lowest BCUT2D eigenvalue weighted by Gasteiger charge is -2.05. The maximum Gasteiger partial charge on any atom is 0.356 e. The molecule has 84 valence electrons. The van der Waals surface area contributed by atoms with E-state index in [0.717, 1.165) is 13.2 Å². The van der Waals surface area contributed by atoms with E-state index in [-0.39, 0.29) is 0 Å². The maximum absolute atomic E-state index is 13.2. The fourth-order valence-corrected chi connectivity index (χ4v) is 0.984. The minimum Gasteiger partial charge on any atom is -0.464 e. The van der Waals surface area contributed by atoms with Crippen molar-refractivity contribution in [1.82, 2.24) is 4.98 Å². The highest BCUT2D eigenvalue weighted by Crippen LogP contribution is 2.22. The molecule has 0 aliphatic heterocycles. The zero-order chi connectivity index (χ0) is 12.3. The lowest BCUT2D eigenvalue weighted by Crippen LogP contribution is -2.09. The Labute approximate surface area is 88.3 Å². The van der Waals surface area contributed by atoms with Gasteiger partial charge in [0.25, 0.3) is 6.43 Å². The molecule has 0 amide bonds. The molecule has 0 bridgehead atoms. The number of methoxy groups -OCH3 is 1. The second-order valence-corrected chi connectivity index (χ2v) is 2.66. The molecule has 0 aliphatic carbocycles. The van der Waals surface area contributed by atoms with Crippen molar-refractivity contribution in [2.45, 2.75) is 6.43 Å². The predicted molar refractivity (Wildman–Crippen MR) is 45.2 cm³/mol. The van der Waals surface area contributed by atoms with Crippen LogP contribution in [0.1, 0.15) is 28.2 Å². The van der Waals surface area contributed by atoms with Gasteiger partial charge in [0.15, 0.2) is 5.82 Å². The summed E-state index contributed by atoms with van der Waals surface area (Å²) in [6, 6.07) is 2.11. The lowest BCUT2D eigenvalue weighted by molar-refractivity contribution is 0.0592. The highest BCUT2D eigenvalue weighted by atomic mass is 19.3. The summed E-state index contributed by atoms with van der Waals surface area (Å²) in [5.74, 6) is -2.44. The van der Waals surface area contributed by atoms with E-state index in [0.29, 0.717) is 0 Å². The van der Waals surface area contributed by atoms with Crippen LogP contribution in [0.2, 0.25) is 0 Å². The number of nitrogens with zero attached hydrogens (tertiary/aromatic N) is 2. The Morgan fingerprint density at radius 2 is 2.25 bits per heavy atom. The molecule has 7 heteroatoms. The van der Waals surface area contributed by atoms with Crippen LogP contribution in [0.5, 0.6) is 0 Å². The molecule has 4 nitrogen and oxygen atoms in total. The summed E-state index contributed by atoms with van der Waals surface area (Å²) in [5.41, 5.74) is -2.44. The molecule has 0 fully saturated rings. The molecule has 0 aromatic carbocycles. The zero-order valence-electron chi connectivity index (χ0n) is 8.00. The number of carbonyl (C=O) groups is 1. The van der Waals surface area contributed by atoms with E-state index in [1.54, 1.807) is 0 Å². The lowest BCUT2D eigenvalue weighted by atomic mass is 10.2. The zero-order valence-corrected chi connectivity index (χ0v) is 8.00. The van der Waals surface area contributed by atoms with Gasteiger partial charge in [0.2, 0.25) is 0 Å². The minimum atomic E-state index is -3.21. The third kappa shape index (κ3) is 2.11. The summed E-state index contributed by atoms with van der Waals surface area (Å²) in [6.45, 7) is 0. The topological polar surface area (TPSA) is 63.0 Å². The Kier molecular flexibility index (Phi) is 3.45. The molecule has 0 saturated carbocycles. The fourth-order valence-electron chi connectivity index (χ4n) is 0.984. The van der Waals surface area contributed by atoms with Gasteiger partial charge in [-0.3, -0.25) is 0 Å². The first-order valence-corrected chi connectivity index (χ1v) is 3.98. The van der Waals surface area contributed by atoms with E-state index < -0.39 is 35.2 Å². The number of halogens is 3. The van der Waals surface area contributed by atoms with Gasteiger partial charge in [0, 0.05) is 0 Å². The monoisotopic (exact) mass is 230 g/mol. The van der Waals surface area contributed by atoms with Crippen molar-refractivity contribution in [3.63, 3.8) is 0 Å². The van der Waals surface area contributed by atoms with Gasteiger partial charge in [-0.25, -0.2) is 22.9 Å². The molecular weight excluding hydrogens is 225 g/mol. The molecule has 0 saturated heterocycles. The highest BCUT2D eigenvalue weighted by molar-refractivity contribution is 5.87. The Morgan fingerprint density at radius 3 is 2.69 bits per heavy atom. The number of aromatic nitrogens is 1. The van der Waals surface area contributed by atoms with Gasteiger partial charge in [-0.05, 0) is 6.07 Å². The SMILES string of the molecule is COC(=O)c1cc(C#N)c(F)c(C(F)F)n1. The Balaban J connectivity index is 3.41. The van der Waals surface area contributed by atoms with E-state index in [1.807, 2.05) is 0 Å². The first kappa shape index (κ1) is 12.0. The maximum atomic E-state index is 13.2. The van der Waals surface area contributed by atoms with Crippen LogP contribution >= 0.6 is 0 Å². The standard InChI is InChI=1S/C9H5F3N2O2/c1-16-9(15)5-2-4(3-13)6(10)7(14-5)8(11)12/h2,8H,1H3. The molecule has 1 rings (SSSR count). The largest absolute Gasteiger partial charge is 0.464 e. The van der Waals surface area contributed by atoms with E-state index >= 15 is 0 Å². The van der Waals surface area contributed by atoms with Crippen LogP contribution in [0.3, 0.4) is 0 Å². The summed E-state index contributed by atoms with van der Waals surface area (Å²) in [6.07, 6.45) is -3.21. The smallest absolute Gasteiger partial charge is 0.356 e. The molecule has 0 aliphatic rings. The molecule has 0 N–H and O–H groups in total. The Hall–Kier alpha value is -2.10. The number of pyridine rings is 1. The van der Waals surface area contributed by atoms with Gasteiger partial charge in [-0.2, -0.15) is 5.26 Å². The van der Waals surface area contributed by atoms with E-state index in [4.69, 9.17) is 5.26 Å². The quantitative estimate of drug-likeness (QED) is 0.727. The molecule has 16 heavy (non-hydrogen) atoms. The van der Waals surface area contributed by atoms with Crippen molar-refractivity contribution in [3.8, 4) is 6.07 Å². The summed E-state index contributed by atoms with van der Waals surface area (Å²) in [7, 11) is 1.02. The summed E-state index contributed by atoms with van der Waals surface area (Å²) < 4.78 is 42.0. The number of ether oxygens (including phenoxy) is 1. The summed E-state index contributed by atoms with van der Waals surface area (Å²) >= 11 is 0. The molecule has 0 radical (unpaired) electrons. The number of rotatable bonds is 2. The first-order chi connectivity index (χ1) is 7.51. The minimum absolute atomic E-state index is 0.532. The van der Waals surface area contributed by atoms with Gasteiger partial charge in [0.05, 0.1) is 12.7 Å². The summed E-state index contributed by atoms with van der Waals surface area (Å²) in [5, 5.41) is 8.49. The molecule has 0 unspecified atom stereocenters. The van der Waals surface area contributed by atoms with Gasteiger partial charge >= 0.3 is 5.97 Å². The third-order valence-corrected chi connectivity index (χ3v) is 1.70. The molecular formula is C9H5F3N2O2. The normalized spacial score (nSPS) is 10.0. The number of alkyl halides is 2. The number of hydrogen-bond donors (Lipinski definition) is 0. The molecule has 1 aromatic rings. The van der Waals surface area contributed by atoms with Crippen LogP contribution in [0.25, 0.3) is 0 Å². The predicted octanol–water partition coefficient (Wildman–Crippen LogP) is 1.82. The van der Waals surface area contributed by atoms with E-state index in [9.17, 15) is 18.0 Å². The van der Waals surface area contributed by atoms with Crippen LogP contribution in [0, 0.1) is 17.1 Å². The van der Waals surface area contributed by atoms with Crippen LogP contribution in [-0.2, 0) is 4.74 Å². The van der Waals surface area contributed by atoms with Crippen LogP contribution < -0.4 is 0 Å². The van der Waals surface area contributed by atoms with Crippen molar-refractivity contribution >= 4 is 5.97 Å².